The molecule has 1 aliphatic heterocycles. The van der Waals surface area contributed by atoms with E-state index in [0.717, 1.165) is 52.1 Å². The van der Waals surface area contributed by atoms with Crippen LogP contribution in [0.25, 0.3) is 0 Å². The Balaban J connectivity index is 2.61. The van der Waals surface area contributed by atoms with Crippen molar-refractivity contribution in [1.29, 1.82) is 0 Å². The highest BCUT2D eigenvalue weighted by Crippen LogP contribution is 2.12. The number of carbonyl (C=O) groups is 2. The lowest BCUT2D eigenvalue weighted by Gasteiger charge is -2.35. The standard InChI is InChI=1S/C37H74N4O2/c1-4-7-10-13-16-19-22-25-38(26-23-20-17-14-11-8-5-2)28-29-40(27-24-21-18-15-12-9-6-3)36-37(43)41-32-30-39(31-33-41)34-35-42/h35H,4-34,36H2,1-3H3. The van der Waals surface area contributed by atoms with Gasteiger partial charge in [-0.3, -0.25) is 14.6 Å². The topological polar surface area (TPSA) is 47.1 Å². The third-order valence-electron chi connectivity index (χ3n) is 9.38. The minimum atomic E-state index is 0.277. The lowest BCUT2D eigenvalue weighted by atomic mass is 10.1. The molecule has 1 amide bonds. The summed E-state index contributed by atoms with van der Waals surface area (Å²) >= 11 is 0. The molecule has 0 radical (unpaired) electrons. The van der Waals surface area contributed by atoms with Crippen molar-refractivity contribution in [3.63, 3.8) is 0 Å². The van der Waals surface area contributed by atoms with Gasteiger partial charge in [0.2, 0.25) is 5.91 Å². The molecule has 6 heteroatoms. The van der Waals surface area contributed by atoms with Crippen molar-refractivity contribution in [2.75, 3.05) is 72.0 Å². The van der Waals surface area contributed by atoms with Crippen molar-refractivity contribution in [3.8, 4) is 0 Å². The molecule has 1 rings (SSSR count). The van der Waals surface area contributed by atoms with Crippen LogP contribution in [0.5, 0.6) is 0 Å². The van der Waals surface area contributed by atoms with E-state index in [-0.39, 0.29) is 5.91 Å². The second-order valence-corrected chi connectivity index (χ2v) is 13.3. The van der Waals surface area contributed by atoms with Gasteiger partial charge in [0.05, 0.1) is 13.1 Å². The summed E-state index contributed by atoms with van der Waals surface area (Å²) in [6, 6.07) is 0. The first-order valence-corrected chi connectivity index (χ1v) is 19.0. The van der Waals surface area contributed by atoms with Crippen LogP contribution in [0.1, 0.15) is 156 Å². The normalized spacial score (nSPS) is 14.3. The van der Waals surface area contributed by atoms with Gasteiger partial charge in [-0.15, -0.1) is 0 Å². The lowest BCUT2D eigenvalue weighted by Crippen LogP contribution is -2.52. The zero-order chi connectivity index (χ0) is 31.2. The van der Waals surface area contributed by atoms with Crippen LogP contribution in [-0.2, 0) is 9.59 Å². The smallest absolute Gasteiger partial charge is 0.236 e. The molecule has 0 aliphatic carbocycles. The molecule has 43 heavy (non-hydrogen) atoms. The van der Waals surface area contributed by atoms with Crippen LogP contribution in [0.2, 0.25) is 0 Å². The Bertz CT molecular complexity index is 606. The summed E-state index contributed by atoms with van der Waals surface area (Å²) in [5, 5.41) is 0. The molecule has 0 saturated carbocycles. The molecule has 1 heterocycles. The molecule has 6 nitrogen and oxygen atoms in total. The van der Waals surface area contributed by atoms with E-state index in [1.54, 1.807) is 0 Å². The number of carbonyl (C=O) groups excluding carboxylic acids is 2. The summed E-state index contributed by atoms with van der Waals surface area (Å²) in [5.41, 5.74) is 0. The Kier molecular flexibility index (Phi) is 27.7. The molecule has 254 valence electrons. The second-order valence-electron chi connectivity index (χ2n) is 13.3. The van der Waals surface area contributed by atoms with Crippen LogP contribution in [0.3, 0.4) is 0 Å². The number of piperazine rings is 1. The Hall–Kier alpha value is -0.980. The molecule has 0 aromatic heterocycles. The predicted molar refractivity (Wildman–Crippen MR) is 186 cm³/mol. The van der Waals surface area contributed by atoms with Crippen LogP contribution >= 0.6 is 0 Å². The fraction of sp³-hybridized carbons (Fsp3) is 0.946. The Morgan fingerprint density at radius 2 is 0.884 bits per heavy atom. The fourth-order valence-electron chi connectivity index (χ4n) is 6.34. The fourth-order valence-corrected chi connectivity index (χ4v) is 6.34. The third-order valence-corrected chi connectivity index (χ3v) is 9.38. The monoisotopic (exact) mass is 607 g/mol. The highest BCUT2D eigenvalue weighted by atomic mass is 16.2. The summed E-state index contributed by atoms with van der Waals surface area (Å²) in [4.78, 5) is 33.6. The summed E-state index contributed by atoms with van der Waals surface area (Å²) < 4.78 is 0. The van der Waals surface area contributed by atoms with E-state index in [4.69, 9.17) is 0 Å². The van der Waals surface area contributed by atoms with Gasteiger partial charge in [-0.25, -0.2) is 0 Å². The van der Waals surface area contributed by atoms with E-state index in [1.165, 1.54) is 148 Å². The maximum atomic E-state index is 13.3. The Labute approximate surface area is 268 Å². The quantitative estimate of drug-likeness (QED) is 0.0588. The third kappa shape index (κ3) is 23.1. The second kappa shape index (κ2) is 29.7. The van der Waals surface area contributed by atoms with E-state index in [9.17, 15) is 9.59 Å². The first-order chi connectivity index (χ1) is 21.1. The van der Waals surface area contributed by atoms with Gasteiger partial charge in [0, 0.05) is 39.3 Å². The lowest BCUT2D eigenvalue weighted by molar-refractivity contribution is -0.134. The van der Waals surface area contributed by atoms with Crippen molar-refractivity contribution in [1.82, 2.24) is 19.6 Å². The zero-order valence-corrected chi connectivity index (χ0v) is 29.3. The van der Waals surface area contributed by atoms with E-state index in [0.29, 0.717) is 13.1 Å². The van der Waals surface area contributed by atoms with Gasteiger partial charge in [0.1, 0.15) is 6.29 Å². The number of hydrogen-bond acceptors (Lipinski definition) is 5. The van der Waals surface area contributed by atoms with Crippen LogP contribution in [0.15, 0.2) is 0 Å². The maximum absolute atomic E-state index is 13.3. The average molecular weight is 607 g/mol. The first-order valence-electron chi connectivity index (χ1n) is 19.0. The molecule has 0 spiro atoms. The van der Waals surface area contributed by atoms with Crippen LogP contribution < -0.4 is 0 Å². The molecule has 0 atom stereocenters. The van der Waals surface area contributed by atoms with Crippen LogP contribution in [-0.4, -0.2) is 104 Å². The number of aldehydes is 1. The van der Waals surface area contributed by atoms with Gasteiger partial charge < -0.3 is 14.6 Å². The van der Waals surface area contributed by atoms with Crippen LogP contribution in [0, 0.1) is 0 Å². The minimum absolute atomic E-state index is 0.277. The van der Waals surface area contributed by atoms with Gasteiger partial charge in [-0.05, 0) is 38.9 Å². The molecule has 1 fully saturated rings. The molecule has 0 aromatic rings. The molecular weight excluding hydrogens is 532 g/mol. The molecular formula is C37H74N4O2. The summed E-state index contributed by atoms with van der Waals surface area (Å²) in [5.74, 6) is 0.277. The largest absolute Gasteiger partial charge is 0.339 e. The average Bonchev–Trinajstić information content (AvgIpc) is 3.02. The summed E-state index contributed by atoms with van der Waals surface area (Å²) in [6.07, 6.45) is 29.2. The van der Waals surface area contributed by atoms with Gasteiger partial charge in [-0.1, -0.05) is 136 Å². The van der Waals surface area contributed by atoms with Gasteiger partial charge in [-0.2, -0.15) is 0 Å². The predicted octanol–water partition coefficient (Wildman–Crippen LogP) is 8.19. The highest BCUT2D eigenvalue weighted by molar-refractivity contribution is 5.78. The van der Waals surface area contributed by atoms with E-state index in [2.05, 4.69) is 35.5 Å². The number of hydrogen-bond donors (Lipinski definition) is 0. The van der Waals surface area contributed by atoms with Gasteiger partial charge in [0.15, 0.2) is 0 Å². The number of unbranched alkanes of at least 4 members (excludes halogenated alkanes) is 18. The summed E-state index contributed by atoms with van der Waals surface area (Å²) in [7, 11) is 0. The molecule has 0 N–H and O–H groups in total. The highest BCUT2D eigenvalue weighted by Gasteiger charge is 2.22. The summed E-state index contributed by atoms with van der Waals surface area (Å²) in [6.45, 7) is 16.6. The zero-order valence-electron chi connectivity index (χ0n) is 29.3. The first kappa shape index (κ1) is 40.0. The SMILES string of the molecule is CCCCCCCCCN(CCCCCCCCC)CCN(CCCCCCCCC)CC(=O)N1CCN(CC=O)CC1. The Morgan fingerprint density at radius 3 is 1.30 bits per heavy atom. The number of amides is 1. The molecule has 0 unspecified atom stereocenters. The van der Waals surface area contributed by atoms with Crippen molar-refractivity contribution in [2.24, 2.45) is 0 Å². The van der Waals surface area contributed by atoms with E-state index in [1.807, 2.05) is 4.90 Å². The van der Waals surface area contributed by atoms with Crippen molar-refractivity contribution in [2.45, 2.75) is 156 Å². The van der Waals surface area contributed by atoms with Gasteiger partial charge >= 0.3 is 0 Å². The van der Waals surface area contributed by atoms with Crippen molar-refractivity contribution in [3.05, 3.63) is 0 Å². The van der Waals surface area contributed by atoms with Crippen LogP contribution in [0.4, 0.5) is 0 Å². The van der Waals surface area contributed by atoms with Crippen molar-refractivity contribution >= 4 is 12.2 Å². The van der Waals surface area contributed by atoms with E-state index < -0.39 is 0 Å². The molecule has 0 aromatic carbocycles. The van der Waals surface area contributed by atoms with E-state index >= 15 is 0 Å². The van der Waals surface area contributed by atoms with Crippen molar-refractivity contribution < 1.29 is 9.59 Å². The number of nitrogens with zero attached hydrogens (tertiary/aromatic N) is 4. The maximum Gasteiger partial charge on any atom is 0.236 e. The van der Waals surface area contributed by atoms with Gasteiger partial charge in [0.25, 0.3) is 0 Å². The Morgan fingerprint density at radius 1 is 0.512 bits per heavy atom. The molecule has 1 saturated heterocycles. The minimum Gasteiger partial charge on any atom is -0.339 e. The molecule has 1 aliphatic rings. The molecule has 0 bridgehead atoms. The number of rotatable bonds is 31.